The van der Waals surface area contributed by atoms with Gasteiger partial charge in [-0.2, -0.15) is 0 Å². The summed E-state index contributed by atoms with van der Waals surface area (Å²) in [6.07, 6.45) is 2.59. The number of nitrogens with two attached hydrogens (primary N) is 2. The number of nitrogens with zero attached hydrogens (tertiary/aromatic N) is 2. The Labute approximate surface area is 235 Å². The number of halogens is 1. The lowest BCUT2D eigenvalue weighted by Gasteiger charge is -2.33. The summed E-state index contributed by atoms with van der Waals surface area (Å²) in [5, 5.41) is 4.56. The van der Waals surface area contributed by atoms with Gasteiger partial charge in [0.25, 0.3) is 5.91 Å². The lowest BCUT2D eigenvalue weighted by atomic mass is 10.00. The summed E-state index contributed by atoms with van der Waals surface area (Å²) < 4.78 is 27.0. The molecule has 8 heteroatoms. The predicted octanol–water partition coefficient (Wildman–Crippen LogP) is 2.27. The molecule has 0 aromatic heterocycles. The van der Waals surface area contributed by atoms with Gasteiger partial charge in [0, 0.05) is 61.3 Å². The first-order valence-electron chi connectivity index (χ1n) is 14.6. The minimum atomic E-state index is -0.276. The molecule has 0 saturated carbocycles. The van der Waals surface area contributed by atoms with Crippen LogP contribution in [0.25, 0.3) is 11.1 Å². The third-order valence-electron chi connectivity index (χ3n) is 8.19. The lowest BCUT2D eigenvalue weighted by Crippen LogP contribution is -2.89. The highest BCUT2D eigenvalue weighted by molar-refractivity contribution is 5.96. The van der Waals surface area contributed by atoms with E-state index in [9.17, 15) is 9.18 Å². The van der Waals surface area contributed by atoms with E-state index in [2.05, 4.69) is 27.7 Å². The molecule has 40 heavy (non-hydrogen) atoms. The molecule has 0 bridgehead atoms. The zero-order valence-electron chi connectivity index (χ0n) is 22.9. The second-order valence-corrected chi connectivity index (χ2v) is 11.0. The van der Waals surface area contributed by atoms with Crippen molar-refractivity contribution in [3.63, 3.8) is 0 Å². The number of carbonyl (C=O) groups is 1. The Morgan fingerprint density at radius 2 is 1.60 bits per heavy atom. The highest BCUT2D eigenvalue weighted by Crippen LogP contribution is 2.33. The van der Waals surface area contributed by atoms with Crippen LogP contribution < -0.4 is 25.0 Å². The number of piperazine rings is 1. The largest absolute Gasteiger partial charge is 0.490 e. The van der Waals surface area contributed by atoms with E-state index in [0.717, 1.165) is 68.3 Å². The summed E-state index contributed by atoms with van der Waals surface area (Å²) in [6, 6.07) is 20.9. The van der Waals surface area contributed by atoms with Crippen LogP contribution >= 0.6 is 0 Å². The van der Waals surface area contributed by atoms with Crippen LogP contribution in [0.1, 0.15) is 29.6 Å². The highest BCUT2D eigenvalue weighted by Gasteiger charge is 2.27. The van der Waals surface area contributed by atoms with Crippen LogP contribution in [-0.4, -0.2) is 75.4 Å². The Hall–Kier alpha value is -3.62. The number of rotatable bonds is 7. The van der Waals surface area contributed by atoms with E-state index in [1.54, 1.807) is 6.07 Å². The summed E-state index contributed by atoms with van der Waals surface area (Å²) >= 11 is 0. The number of amides is 1. The average molecular weight is 547 g/mol. The smallest absolute Gasteiger partial charge is 0.253 e. The van der Waals surface area contributed by atoms with Crippen molar-refractivity contribution in [2.24, 2.45) is 0 Å². The molecule has 1 amide bonds. The van der Waals surface area contributed by atoms with Gasteiger partial charge in [0.15, 0.2) is 6.10 Å². The van der Waals surface area contributed by atoms with Crippen LogP contribution in [0.15, 0.2) is 66.7 Å². The van der Waals surface area contributed by atoms with E-state index in [0.29, 0.717) is 37.2 Å². The van der Waals surface area contributed by atoms with Crippen LogP contribution in [0.3, 0.4) is 0 Å². The summed E-state index contributed by atoms with van der Waals surface area (Å²) in [5.74, 6) is 1.14. The maximum absolute atomic E-state index is 14.4. The third-order valence-corrected chi connectivity index (χ3v) is 8.19. The molecular formula is C32H39FN4O3+2. The van der Waals surface area contributed by atoms with E-state index in [4.69, 9.17) is 9.47 Å². The number of quaternary nitrogens is 2. The fourth-order valence-electron chi connectivity index (χ4n) is 5.98. The van der Waals surface area contributed by atoms with Gasteiger partial charge in [0.1, 0.15) is 30.0 Å². The van der Waals surface area contributed by atoms with Gasteiger partial charge >= 0.3 is 0 Å². The first-order valence-corrected chi connectivity index (χ1v) is 14.6. The van der Waals surface area contributed by atoms with E-state index in [-0.39, 0.29) is 23.9 Å². The molecule has 210 valence electrons. The molecule has 3 aliphatic rings. The standard InChI is InChI=1S/C32H37FN4O3/c33-25-19-26(36-16-12-34-13-17-36)21-29(20-25)39-27-9-14-37(15-10-27)32(38)24-6-7-31(40-28-8-11-35-22-28)30(18-24)23-4-2-1-3-5-23/h1-7,18-21,27-28,34-35H,8-17,22H2/p+2/t28-/m0/s1. The molecule has 1 atom stereocenters. The number of benzene rings is 3. The monoisotopic (exact) mass is 546 g/mol. The van der Waals surface area contributed by atoms with Gasteiger partial charge in [-0.05, 0) is 29.8 Å². The molecule has 0 radical (unpaired) electrons. The zero-order valence-corrected chi connectivity index (χ0v) is 22.9. The van der Waals surface area contributed by atoms with Gasteiger partial charge in [0.05, 0.1) is 32.7 Å². The second-order valence-electron chi connectivity index (χ2n) is 11.0. The van der Waals surface area contributed by atoms with Crippen molar-refractivity contribution in [1.82, 2.24) is 4.90 Å². The van der Waals surface area contributed by atoms with Crippen molar-refractivity contribution >= 4 is 11.6 Å². The van der Waals surface area contributed by atoms with Gasteiger partial charge in [-0.3, -0.25) is 4.79 Å². The van der Waals surface area contributed by atoms with Crippen LogP contribution in [0, 0.1) is 5.82 Å². The summed E-state index contributed by atoms with van der Waals surface area (Å²) in [5.41, 5.74) is 3.53. The molecule has 6 rings (SSSR count). The Bertz CT molecular complexity index is 1300. The van der Waals surface area contributed by atoms with Crippen LogP contribution in [0.2, 0.25) is 0 Å². The number of hydrogen-bond donors (Lipinski definition) is 2. The summed E-state index contributed by atoms with van der Waals surface area (Å²) in [7, 11) is 0. The fraction of sp³-hybridized carbons (Fsp3) is 0.406. The number of hydrogen-bond acceptors (Lipinski definition) is 4. The van der Waals surface area contributed by atoms with E-state index < -0.39 is 0 Å². The molecule has 3 heterocycles. The topological polar surface area (TPSA) is 75.2 Å². The van der Waals surface area contributed by atoms with Crippen LogP contribution in [0.4, 0.5) is 10.1 Å². The molecule has 3 aliphatic heterocycles. The number of ether oxygens (including phenoxy) is 2. The Morgan fingerprint density at radius 1 is 0.800 bits per heavy atom. The number of anilines is 1. The maximum atomic E-state index is 14.4. The summed E-state index contributed by atoms with van der Waals surface area (Å²) in [4.78, 5) is 17.7. The number of piperidine rings is 1. The minimum Gasteiger partial charge on any atom is -0.490 e. The molecule has 3 aromatic carbocycles. The van der Waals surface area contributed by atoms with E-state index in [1.165, 1.54) is 6.07 Å². The van der Waals surface area contributed by atoms with E-state index in [1.807, 2.05) is 47.4 Å². The SMILES string of the molecule is O=C(c1ccc(O[C@H]2CC[NH2+]C2)c(-c2ccccc2)c1)N1CCC(Oc2cc(F)cc(N3CC[NH2+]CC3)c2)CC1. The zero-order chi connectivity index (χ0) is 27.3. The molecule has 4 N–H and O–H groups in total. The third kappa shape index (κ3) is 6.24. The van der Waals surface area contributed by atoms with Gasteiger partial charge in [0.2, 0.25) is 0 Å². The fourth-order valence-corrected chi connectivity index (χ4v) is 5.98. The second kappa shape index (κ2) is 12.3. The van der Waals surface area contributed by atoms with Crippen LogP contribution in [0.5, 0.6) is 11.5 Å². The quantitative estimate of drug-likeness (QED) is 0.477. The van der Waals surface area contributed by atoms with Crippen molar-refractivity contribution in [2.45, 2.75) is 31.5 Å². The first-order chi connectivity index (χ1) is 19.6. The number of likely N-dealkylation sites (tertiary alicyclic amines) is 1. The van der Waals surface area contributed by atoms with Crippen molar-refractivity contribution < 1.29 is 29.3 Å². The van der Waals surface area contributed by atoms with Crippen molar-refractivity contribution in [2.75, 3.05) is 57.3 Å². The lowest BCUT2D eigenvalue weighted by molar-refractivity contribution is -0.655. The molecule has 0 aliphatic carbocycles. The predicted molar refractivity (Wildman–Crippen MR) is 152 cm³/mol. The van der Waals surface area contributed by atoms with Gasteiger partial charge in [-0.15, -0.1) is 0 Å². The molecule has 3 aromatic rings. The van der Waals surface area contributed by atoms with Crippen LogP contribution in [-0.2, 0) is 0 Å². The Balaban J connectivity index is 1.11. The van der Waals surface area contributed by atoms with Gasteiger partial charge < -0.3 is 29.9 Å². The van der Waals surface area contributed by atoms with Crippen molar-refractivity contribution in [3.05, 3.63) is 78.1 Å². The molecule has 0 spiro atoms. The number of carbonyl (C=O) groups excluding carboxylic acids is 1. The molecule has 7 nitrogen and oxygen atoms in total. The molecule has 3 saturated heterocycles. The Morgan fingerprint density at radius 3 is 2.35 bits per heavy atom. The Kier molecular flexibility index (Phi) is 8.16. The normalized spacial score (nSPS) is 20.0. The molecule has 0 unspecified atom stereocenters. The highest BCUT2D eigenvalue weighted by atomic mass is 19.1. The molecular weight excluding hydrogens is 507 g/mol. The first kappa shape index (κ1) is 26.6. The van der Waals surface area contributed by atoms with E-state index >= 15 is 0 Å². The maximum Gasteiger partial charge on any atom is 0.253 e. The van der Waals surface area contributed by atoms with Crippen molar-refractivity contribution in [1.29, 1.82) is 0 Å². The minimum absolute atomic E-state index is 0.0197. The van der Waals surface area contributed by atoms with Crippen molar-refractivity contribution in [3.8, 4) is 22.6 Å². The summed E-state index contributed by atoms with van der Waals surface area (Å²) in [6.45, 7) is 7.08. The average Bonchev–Trinajstić information content (AvgIpc) is 3.51. The van der Waals surface area contributed by atoms with Gasteiger partial charge in [-0.1, -0.05) is 30.3 Å². The van der Waals surface area contributed by atoms with Gasteiger partial charge in [-0.25, -0.2) is 4.39 Å². The molecule has 3 fully saturated rings.